The molecule has 2 rings (SSSR count). The fraction of sp³-hybridized carbons (Fsp3) is 0. The van der Waals surface area contributed by atoms with E-state index in [9.17, 15) is 4.39 Å². The van der Waals surface area contributed by atoms with Crippen molar-refractivity contribution in [3.05, 3.63) is 48.8 Å². The number of benzene rings is 1. The molecule has 0 aliphatic carbocycles. The van der Waals surface area contributed by atoms with Gasteiger partial charge in [0.05, 0.1) is 6.33 Å². The average molecular weight is 243 g/mol. The molecule has 2 aromatic rings. The molecule has 1 aromatic heterocycles. The maximum Gasteiger partial charge on any atom is 0.123 e. The van der Waals surface area contributed by atoms with Crippen molar-refractivity contribution in [2.45, 2.75) is 0 Å². The lowest BCUT2D eigenvalue weighted by molar-refractivity contribution is 0.627. The van der Waals surface area contributed by atoms with Gasteiger partial charge in [0.25, 0.3) is 0 Å². The second-order valence-electron chi connectivity index (χ2n) is 2.45. The third-order valence-corrected chi connectivity index (χ3v) is 1.63. The lowest BCUT2D eigenvalue weighted by Gasteiger charge is -1.99. The van der Waals surface area contributed by atoms with Crippen LogP contribution in [0, 0.1) is 5.82 Å². The van der Waals surface area contributed by atoms with Crippen LogP contribution in [-0.2, 0) is 0 Å². The van der Waals surface area contributed by atoms with Crippen LogP contribution in [0.2, 0.25) is 0 Å². The molecule has 13 heavy (non-hydrogen) atoms. The lowest BCUT2D eigenvalue weighted by Crippen LogP contribution is -1.88. The number of rotatable bonds is 1. The van der Waals surface area contributed by atoms with Gasteiger partial charge >= 0.3 is 0 Å². The Balaban J connectivity index is 0.000000845. The Kier molecular flexibility index (Phi) is 3.19. The van der Waals surface area contributed by atoms with Crippen LogP contribution >= 0.6 is 17.0 Å². The van der Waals surface area contributed by atoms with Gasteiger partial charge in [-0.15, -0.1) is 17.0 Å². The summed E-state index contributed by atoms with van der Waals surface area (Å²) in [6.45, 7) is 0. The van der Waals surface area contributed by atoms with Crippen LogP contribution in [0.3, 0.4) is 0 Å². The number of imidazole rings is 1. The van der Waals surface area contributed by atoms with Crippen LogP contribution in [0.4, 0.5) is 4.39 Å². The van der Waals surface area contributed by atoms with E-state index in [1.807, 2.05) is 10.8 Å². The van der Waals surface area contributed by atoms with Gasteiger partial charge in [0.2, 0.25) is 0 Å². The molecule has 2 nitrogen and oxygen atoms in total. The van der Waals surface area contributed by atoms with Crippen molar-refractivity contribution in [1.29, 1.82) is 0 Å². The zero-order valence-corrected chi connectivity index (χ0v) is 8.44. The first-order chi connectivity index (χ1) is 5.86. The minimum absolute atomic E-state index is 0. The monoisotopic (exact) mass is 242 g/mol. The summed E-state index contributed by atoms with van der Waals surface area (Å²) >= 11 is 0. The van der Waals surface area contributed by atoms with Gasteiger partial charge in [-0.3, -0.25) is 0 Å². The molecule has 0 aliphatic heterocycles. The number of aromatic nitrogens is 2. The summed E-state index contributed by atoms with van der Waals surface area (Å²) in [6, 6.07) is 6.26. The number of halogens is 2. The van der Waals surface area contributed by atoms with Crippen molar-refractivity contribution in [3.8, 4) is 5.69 Å². The van der Waals surface area contributed by atoms with E-state index in [0.717, 1.165) is 5.69 Å². The topological polar surface area (TPSA) is 17.8 Å². The highest BCUT2D eigenvalue weighted by Gasteiger charge is 1.93. The molecule has 0 fully saturated rings. The minimum atomic E-state index is -0.223. The van der Waals surface area contributed by atoms with Gasteiger partial charge in [-0.2, -0.15) is 0 Å². The molecule has 0 N–H and O–H groups in total. The normalized spacial score (nSPS) is 9.31. The molecule has 0 saturated carbocycles. The smallest absolute Gasteiger partial charge is 0.123 e. The quantitative estimate of drug-likeness (QED) is 0.752. The first kappa shape index (κ1) is 9.92. The lowest BCUT2D eigenvalue weighted by atomic mass is 10.3. The summed E-state index contributed by atoms with van der Waals surface area (Å²) in [6.07, 6.45) is 5.17. The molecule has 0 atom stereocenters. The number of hydrogen-bond donors (Lipinski definition) is 0. The van der Waals surface area contributed by atoms with Gasteiger partial charge in [-0.1, -0.05) is 0 Å². The van der Waals surface area contributed by atoms with Gasteiger partial charge in [-0.25, -0.2) is 9.37 Å². The van der Waals surface area contributed by atoms with Crippen molar-refractivity contribution < 1.29 is 4.39 Å². The van der Waals surface area contributed by atoms with E-state index in [2.05, 4.69) is 4.98 Å². The molecule has 0 radical (unpaired) electrons. The van der Waals surface area contributed by atoms with E-state index >= 15 is 0 Å². The predicted molar refractivity (Wildman–Crippen MR) is 53.8 cm³/mol. The van der Waals surface area contributed by atoms with E-state index in [4.69, 9.17) is 0 Å². The molecule has 0 amide bonds. The summed E-state index contributed by atoms with van der Waals surface area (Å²) in [5.74, 6) is -0.223. The van der Waals surface area contributed by atoms with E-state index in [1.165, 1.54) is 12.1 Å². The molecule has 0 bridgehead atoms. The van der Waals surface area contributed by atoms with Gasteiger partial charge in [-0.05, 0) is 24.3 Å². The van der Waals surface area contributed by atoms with Gasteiger partial charge in [0.1, 0.15) is 5.82 Å². The van der Waals surface area contributed by atoms with Crippen LogP contribution < -0.4 is 0 Å². The molecule has 0 saturated heterocycles. The van der Waals surface area contributed by atoms with Crippen molar-refractivity contribution in [2.24, 2.45) is 0 Å². The third kappa shape index (κ3) is 2.15. The third-order valence-electron chi connectivity index (χ3n) is 1.63. The zero-order chi connectivity index (χ0) is 8.39. The summed E-state index contributed by atoms with van der Waals surface area (Å²) in [4.78, 5) is 3.89. The Morgan fingerprint density at radius 2 is 1.85 bits per heavy atom. The standard InChI is InChI=1S/C9H7FN2.BrH/c10-8-1-3-9(4-2-8)12-6-5-11-7-12;/h1-7H;1H. The molecular weight excluding hydrogens is 235 g/mol. The minimum Gasteiger partial charge on any atom is -0.306 e. The van der Waals surface area contributed by atoms with Gasteiger partial charge < -0.3 is 4.57 Å². The molecule has 1 heterocycles. The molecule has 0 unspecified atom stereocenters. The van der Waals surface area contributed by atoms with Crippen molar-refractivity contribution in [3.63, 3.8) is 0 Å². The summed E-state index contributed by atoms with van der Waals surface area (Å²) in [5.41, 5.74) is 0.911. The summed E-state index contributed by atoms with van der Waals surface area (Å²) in [5, 5.41) is 0. The fourth-order valence-electron chi connectivity index (χ4n) is 1.03. The SMILES string of the molecule is Br.Fc1ccc(-n2ccnc2)cc1. The van der Waals surface area contributed by atoms with Crippen LogP contribution in [-0.4, -0.2) is 9.55 Å². The molecule has 0 aliphatic rings. The highest BCUT2D eigenvalue weighted by molar-refractivity contribution is 8.93. The van der Waals surface area contributed by atoms with Crippen LogP contribution in [0.1, 0.15) is 0 Å². The van der Waals surface area contributed by atoms with Crippen molar-refractivity contribution in [1.82, 2.24) is 9.55 Å². The van der Waals surface area contributed by atoms with Crippen LogP contribution in [0.15, 0.2) is 43.0 Å². The Morgan fingerprint density at radius 3 is 2.38 bits per heavy atom. The van der Waals surface area contributed by atoms with Crippen molar-refractivity contribution in [2.75, 3.05) is 0 Å². The fourth-order valence-corrected chi connectivity index (χ4v) is 1.03. The predicted octanol–water partition coefficient (Wildman–Crippen LogP) is 2.59. The second kappa shape index (κ2) is 4.18. The Morgan fingerprint density at radius 1 is 1.15 bits per heavy atom. The Bertz CT molecular complexity index is 356. The highest BCUT2D eigenvalue weighted by Crippen LogP contribution is 2.07. The first-order valence-corrected chi connectivity index (χ1v) is 3.60. The number of nitrogens with zero attached hydrogens (tertiary/aromatic N) is 2. The largest absolute Gasteiger partial charge is 0.306 e. The summed E-state index contributed by atoms with van der Waals surface area (Å²) < 4.78 is 14.3. The second-order valence-corrected chi connectivity index (χ2v) is 2.45. The Labute approximate surface area is 85.8 Å². The van der Waals surface area contributed by atoms with Gasteiger partial charge in [0.15, 0.2) is 0 Å². The Hall–Kier alpha value is -1.16. The summed E-state index contributed by atoms with van der Waals surface area (Å²) in [7, 11) is 0. The molecule has 68 valence electrons. The van der Waals surface area contributed by atoms with E-state index in [1.54, 1.807) is 24.7 Å². The average Bonchev–Trinajstić information content (AvgIpc) is 2.58. The first-order valence-electron chi connectivity index (χ1n) is 3.60. The molecule has 4 heteroatoms. The number of hydrogen-bond acceptors (Lipinski definition) is 1. The highest BCUT2D eigenvalue weighted by atomic mass is 79.9. The molecular formula is C9H8BrFN2. The van der Waals surface area contributed by atoms with E-state index in [-0.39, 0.29) is 22.8 Å². The van der Waals surface area contributed by atoms with Crippen LogP contribution in [0.5, 0.6) is 0 Å². The van der Waals surface area contributed by atoms with E-state index in [0.29, 0.717) is 0 Å². The van der Waals surface area contributed by atoms with Gasteiger partial charge in [0, 0.05) is 18.1 Å². The zero-order valence-electron chi connectivity index (χ0n) is 6.72. The maximum atomic E-state index is 12.5. The van der Waals surface area contributed by atoms with Crippen molar-refractivity contribution >= 4 is 17.0 Å². The maximum absolute atomic E-state index is 12.5. The van der Waals surface area contributed by atoms with E-state index < -0.39 is 0 Å². The van der Waals surface area contributed by atoms with Crippen LogP contribution in [0.25, 0.3) is 5.69 Å². The molecule has 1 aromatic carbocycles. The molecule has 0 spiro atoms.